The minimum absolute atomic E-state index is 0.246. The van der Waals surface area contributed by atoms with E-state index in [9.17, 15) is 9.18 Å². The van der Waals surface area contributed by atoms with Gasteiger partial charge >= 0.3 is 0 Å². The highest BCUT2D eigenvalue weighted by atomic mass is 79.9. The van der Waals surface area contributed by atoms with Crippen molar-refractivity contribution >= 4 is 21.8 Å². The number of hydrogen-bond donors (Lipinski definition) is 1. The lowest BCUT2D eigenvalue weighted by molar-refractivity contribution is 0.0948. The molecule has 0 saturated carbocycles. The van der Waals surface area contributed by atoms with Gasteiger partial charge in [-0.1, -0.05) is 15.9 Å². The zero-order valence-electron chi connectivity index (χ0n) is 8.17. The summed E-state index contributed by atoms with van der Waals surface area (Å²) in [4.78, 5) is 15.1. The molecular formula is C10H12BrFN2O. The quantitative estimate of drug-likeness (QED) is 0.660. The molecule has 1 amide bonds. The molecule has 0 aliphatic rings. The number of aromatic nitrogens is 1. The molecule has 0 aliphatic carbocycles. The van der Waals surface area contributed by atoms with E-state index in [0.717, 1.165) is 24.4 Å². The first-order chi connectivity index (χ1) is 7.24. The van der Waals surface area contributed by atoms with Gasteiger partial charge in [0.1, 0.15) is 11.5 Å². The zero-order chi connectivity index (χ0) is 11.1. The van der Waals surface area contributed by atoms with E-state index in [2.05, 4.69) is 26.2 Å². The van der Waals surface area contributed by atoms with Crippen LogP contribution in [0.2, 0.25) is 0 Å². The van der Waals surface area contributed by atoms with Crippen molar-refractivity contribution in [1.29, 1.82) is 0 Å². The van der Waals surface area contributed by atoms with E-state index < -0.39 is 5.82 Å². The zero-order valence-corrected chi connectivity index (χ0v) is 9.76. The second kappa shape index (κ2) is 6.50. The fraction of sp³-hybridized carbons (Fsp3) is 0.400. The van der Waals surface area contributed by atoms with Crippen LogP contribution in [0.25, 0.3) is 0 Å². The SMILES string of the molecule is O=C(NCCCCBr)c1ccc(F)cn1. The van der Waals surface area contributed by atoms with Gasteiger partial charge in [-0.2, -0.15) is 0 Å². The lowest BCUT2D eigenvalue weighted by Gasteiger charge is -2.03. The summed E-state index contributed by atoms with van der Waals surface area (Å²) in [7, 11) is 0. The van der Waals surface area contributed by atoms with E-state index in [1.54, 1.807) is 0 Å². The number of carbonyl (C=O) groups excluding carboxylic acids is 1. The molecule has 15 heavy (non-hydrogen) atoms. The first-order valence-corrected chi connectivity index (χ1v) is 5.82. The Kier molecular flexibility index (Phi) is 5.25. The summed E-state index contributed by atoms with van der Waals surface area (Å²) in [5.41, 5.74) is 0.246. The molecule has 1 rings (SSSR count). The molecule has 5 heteroatoms. The summed E-state index contributed by atoms with van der Waals surface area (Å²) in [5.74, 6) is -0.699. The van der Waals surface area contributed by atoms with Crippen LogP contribution in [-0.2, 0) is 0 Å². The minimum Gasteiger partial charge on any atom is -0.351 e. The molecule has 1 N–H and O–H groups in total. The standard InChI is InChI=1S/C10H12BrFN2O/c11-5-1-2-6-13-10(15)9-4-3-8(12)7-14-9/h3-4,7H,1-2,5-6H2,(H,13,15). The van der Waals surface area contributed by atoms with E-state index in [4.69, 9.17) is 0 Å². The smallest absolute Gasteiger partial charge is 0.269 e. The van der Waals surface area contributed by atoms with Crippen molar-refractivity contribution in [2.75, 3.05) is 11.9 Å². The van der Waals surface area contributed by atoms with Crippen LogP contribution in [0.15, 0.2) is 18.3 Å². The Morgan fingerprint density at radius 2 is 2.27 bits per heavy atom. The Morgan fingerprint density at radius 3 is 2.87 bits per heavy atom. The van der Waals surface area contributed by atoms with Crippen LogP contribution >= 0.6 is 15.9 Å². The van der Waals surface area contributed by atoms with Crippen LogP contribution < -0.4 is 5.32 Å². The van der Waals surface area contributed by atoms with Crippen molar-refractivity contribution in [2.45, 2.75) is 12.8 Å². The number of rotatable bonds is 5. The summed E-state index contributed by atoms with van der Waals surface area (Å²) in [6.07, 6.45) is 2.96. The Morgan fingerprint density at radius 1 is 1.47 bits per heavy atom. The Balaban J connectivity index is 2.37. The molecule has 1 aromatic rings. The molecule has 0 radical (unpaired) electrons. The summed E-state index contributed by atoms with van der Waals surface area (Å²) in [6, 6.07) is 2.59. The van der Waals surface area contributed by atoms with Crippen molar-refractivity contribution in [3.05, 3.63) is 29.8 Å². The number of unbranched alkanes of at least 4 members (excludes halogenated alkanes) is 1. The second-order valence-electron chi connectivity index (χ2n) is 3.01. The number of hydrogen-bond acceptors (Lipinski definition) is 2. The largest absolute Gasteiger partial charge is 0.351 e. The highest BCUT2D eigenvalue weighted by molar-refractivity contribution is 9.09. The molecule has 0 aliphatic heterocycles. The molecule has 82 valence electrons. The third-order valence-corrected chi connectivity index (χ3v) is 2.37. The highest BCUT2D eigenvalue weighted by Gasteiger charge is 2.05. The third-order valence-electron chi connectivity index (χ3n) is 1.81. The molecule has 3 nitrogen and oxygen atoms in total. The Hall–Kier alpha value is -0.970. The van der Waals surface area contributed by atoms with Crippen molar-refractivity contribution in [3.63, 3.8) is 0 Å². The maximum atomic E-state index is 12.5. The van der Waals surface area contributed by atoms with Crippen LogP contribution in [0.4, 0.5) is 4.39 Å². The van der Waals surface area contributed by atoms with Crippen LogP contribution in [0, 0.1) is 5.82 Å². The minimum atomic E-state index is -0.439. The van der Waals surface area contributed by atoms with Crippen molar-refractivity contribution < 1.29 is 9.18 Å². The fourth-order valence-corrected chi connectivity index (χ4v) is 1.42. The number of amides is 1. The molecule has 0 fully saturated rings. The van der Waals surface area contributed by atoms with Gasteiger partial charge in [-0.3, -0.25) is 4.79 Å². The van der Waals surface area contributed by atoms with Gasteiger partial charge in [0.2, 0.25) is 0 Å². The van der Waals surface area contributed by atoms with Crippen molar-refractivity contribution in [1.82, 2.24) is 10.3 Å². The average Bonchev–Trinajstić information content (AvgIpc) is 2.25. The number of halogens is 2. The molecule has 1 heterocycles. The molecule has 0 spiro atoms. The molecule has 0 atom stereocenters. The van der Waals surface area contributed by atoms with E-state index in [1.807, 2.05) is 0 Å². The summed E-state index contributed by atoms with van der Waals surface area (Å²) in [5, 5.41) is 3.64. The van der Waals surface area contributed by atoms with Gasteiger partial charge in [-0.15, -0.1) is 0 Å². The second-order valence-corrected chi connectivity index (χ2v) is 3.81. The van der Waals surface area contributed by atoms with Gasteiger partial charge in [-0.25, -0.2) is 9.37 Å². The number of carbonyl (C=O) groups is 1. The van der Waals surface area contributed by atoms with Gasteiger partial charge in [0.05, 0.1) is 6.20 Å². The first-order valence-electron chi connectivity index (χ1n) is 4.70. The monoisotopic (exact) mass is 274 g/mol. The summed E-state index contributed by atoms with van der Waals surface area (Å²) >= 11 is 3.30. The van der Waals surface area contributed by atoms with E-state index in [0.29, 0.717) is 6.54 Å². The number of nitrogens with zero attached hydrogens (tertiary/aromatic N) is 1. The van der Waals surface area contributed by atoms with Gasteiger partial charge in [0.25, 0.3) is 5.91 Å². The number of pyridine rings is 1. The molecule has 1 aromatic heterocycles. The number of alkyl halides is 1. The fourth-order valence-electron chi connectivity index (χ4n) is 1.02. The van der Waals surface area contributed by atoms with Crippen LogP contribution in [0.5, 0.6) is 0 Å². The predicted molar refractivity (Wildman–Crippen MR) is 59.6 cm³/mol. The maximum Gasteiger partial charge on any atom is 0.269 e. The van der Waals surface area contributed by atoms with E-state index >= 15 is 0 Å². The van der Waals surface area contributed by atoms with Crippen LogP contribution in [-0.4, -0.2) is 22.8 Å². The third kappa shape index (κ3) is 4.38. The van der Waals surface area contributed by atoms with E-state index in [-0.39, 0.29) is 11.6 Å². The molecular weight excluding hydrogens is 263 g/mol. The van der Waals surface area contributed by atoms with Gasteiger partial charge in [0, 0.05) is 11.9 Å². The maximum absolute atomic E-state index is 12.5. The van der Waals surface area contributed by atoms with Crippen molar-refractivity contribution in [3.8, 4) is 0 Å². The predicted octanol–water partition coefficient (Wildman–Crippen LogP) is 2.13. The van der Waals surface area contributed by atoms with Gasteiger partial charge in [0.15, 0.2) is 0 Å². The summed E-state index contributed by atoms with van der Waals surface area (Å²) in [6.45, 7) is 0.615. The topological polar surface area (TPSA) is 42.0 Å². The van der Waals surface area contributed by atoms with Gasteiger partial charge in [-0.05, 0) is 25.0 Å². The first kappa shape index (κ1) is 12.1. The molecule has 0 bridgehead atoms. The average molecular weight is 275 g/mol. The van der Waals surface area contributed by atoms with Gasteiger partial charge < -0.3 is 5.32 Å². The number of nitrogens with one attached hydrogen (secondary N) is 1. The lowest BCUT2D eigenvalue weighted by atomic mass is 10.3. The van der Waals surface area contributed by atoms with Crippen LogP contribution in [0.3, 0.4) is 0 Å². The molecule has 0 saturated heterocycles. The molecule has 0 unspecified atom stereocenters. The Bertz CT molecular complexity index is 316. The summed E-state index contributed by atoms with van der Waals surface area (Å²) < 4.78 is 12.5. The highest BCUT2D eigenvalue weighted by Crippen LogP contribution is 1.98. The van der Waals surface area contributed by atoms with Crippen molar-refractivity contribution in [2.24, 2.45) is 0 Å². The lowest BCUT2D eigenvalue weighted by Crippen LogP contribution is -2.25. The molecule has 0 aromatic carbocycles. The normalized spacial score (nSPS) is 10.0. The Labute approximate surface area is 96.2 Å². The van der Waals surface area contributed by atoms with Crippen LogP contribution in [0.1, 0.15) is 23.3 Å². The van der Waals surface area contributed by atoms with E-state index in [1.165, 1.54) is 12.1 Å².